The molecule has 0 saturated carbocycles. The van der Waals surface area contributed by atoms with Gasteiger partial charge in [-0.05, 0) is 25.4 Å². The summed E-state index contributed by atoms with van der Waals surface area (Å²) in [6.45, 7) is 1.97. The van der Waals surface area contributed by atoms with Crippen LogP contribution in [0.15, 0.2) is 18.5 Å². The van der Waals surface area contributed by atoms with Crippen molar-refractivity contribution in [3.8, 4) is 0 Å². The SMILES string of the molecule is CSCCC(C)Nc1nccn2nc(C(F)(F)F)cc12. The molecule has 0 fully saturated rings. The first-order chi connectivity index (χ1) is 9.41. The number of anilines is 1. The number of aromatic nitrogens is 3. The van der Waals surface area contributed by atoms with Crippen LogP contribution in [0.3, 0.4) is 0 Å². The monoisotopic (exact) mass is 304 g/mol. The maximum Gasteiger partial charge on any atom is 0.435 e. The van der Waals surface area contributed by atoms with Crippen molar-refractivity contribution >= 4 is 23.1 Å². The molecule has 1 unspecified atom stereocenters. The molecule has 0 aliphatic heterocycles. The van der Waals surface area contributed by atoms with Gasteiger partial charge in [-0.1, -0.05) is 0 Å². The summed E-state index contributed by atoms with van der Waals surface area (Å²) in [6.07, 6.45) is 1.31. The molecule has 110 valence electrons. The Hall–Kier alpha value is -1.44. The van der Waals surface area contributed by atoms with Gasteiger partial charge in [0.1, 0.15) is 5.52 Å². The van der Waals surface area contributed by atoms with Crippen LogP contribution >= 0.6 is 11.8 Å². The second kappa shape index (κ2) is 5.90. The minimum Gasteiger partial charge on any atom is -0.366 e. The summed E-state index contributed by atoms with van der Waals surface area (Å²) in [5.74, 6) is 1.40. The number of hydrogen-bond acceptors (Lipinski definition) is 4. The van der Waals surface area contributed by atoms with Crippen molar-refractivity contribution in [3.05, 3.63) is 24.2 Å². The largest absolute Gasteiger partial charge is 0.435 e. The van der Waals surface area contributed by atoms with E-state index in [9.17, 15) is 13.2 Å². The van der Waals surface area contributed by atoms with E-state index in [4.69, 9.17) is 0 Å². The minimum atomic E-state index is -4.45. The number of fused-ring (bicyclic) bond motifs is 1. The Morgan fingerprint density at radius 3 is 2.85 bits per heavy atom. The molecule has 8 heteroatoms. The number of thioether (sulfide) groups is 1. The van der Waals surface area contributed by atoms with Gasteiger partial charge in [-0.3, -0.25) is 0 Å². The smallest absolute Gasteiger partial charge is 0.366 e. The fraction of sp³-hybridized carbons (Fsp3) is 0.500. The molecular formula is C12H15F3N4S. The van der Waals surface area contributed by atoms with E-state index in [1.54, 1.807) is 11.8 Å². The van der Waals surface area contributed by atoms with Gasteiger partial charge in [0, 0.05) is 24.5 Å². The van der Waals surface area contributed by atoms with Crippen LogP contribution in [0.5, 0.6) is 0 Å². The maximum atomic E-state index is 12.7. The lowest BCUT2D eigenvalue weighted by molar-refractivity contribution is -0.141. The molecule has 20 heavy (non-hydrogen) atoms. The van der Waals surface area contributed by atoms with Gasteiger partial charge in [0.15, 0.2) is 11.5 Å². The topological polar surface area (TPSA) is 42.2 Å². The maximum absolute atomic E-state index is 12.7. The molecule has 0 bridgehead atoms. The molecular weight excluding hydrogens is 289 g/mol. The van der Waals surface area contributed by atoms with E-state index in [-0.39, 0.29) is 6.04 Å². The van der Waals surface area contributed by atoms with Crippen LogP contribution in [0.4, 0.5) is 19.0 Å². The number of nitrogens with one attached hydrogen (secondary N) is 1. The Bertz CT molecular complexity index is 582. The van der Waals surface area contributed by atoms with Crippen LogP contribution in [0.1, 0.15) is 19.0 Å². The third kappa shape index (κ3) is 3.36. The molecule has 0 aliphatic rings. The quantitative estimate of drug-likeness (QED) is 0.920. The molecule has 0 amide bonds. The third-order valence-corrected chi connectivity index (χ3v) is 3.46. The van der Waals surface area contributed by atoms with Crippen LogP contribution in [0.25, 0.3) is 5.52 Å². The van der Waals surface area contributed by atoms with Crippen molar-refractivity contribution in [3.63, 3.8) is 0 Å². The summed E-state index contributed by atoms with van der Waals surface area (Å²) >= 11 is 1.72. The van der Waals surface area contributed by atoms with Gasteiger partial charge < -0.3 is 5.32 Å². The molecule has 0 spiro atoms. The molecule has 1 N–H and O–H groups in total. The molecule has 0 aromatic carbocycles. The normalized spacial score (nSPS) is 13.7. The minimum absolute atomic E-state index is 0.130. The number of nitrogens with zero attached hydrogens (tertiary/aromatic N) is 3. The summed E-state index contributed by atoms with van der Waals surface area (Å²) < 4.78 is 39.2. The number of hydrogen-bond donors (Lipinski definition) is 1. The second-order valence-electron chi connectivity index (χ2n) is 4.46. The fourth-order valence-electron chi connectivity index (χ4n) is 1.77. The zero-order valence-corrected chi connectivity index (χ0v) is 11.9. The molecule has 2 heterocycles. The van der Waals surface area contributed by atoms with Gasteiger partial charge in [0.25, 0.3) is 0 Å². The van der Waals surface area contributed by atoms with Crippen LogP contribution in [-0.4, -0.2) is 32.6 Å². The van der Waals surface area contributed by atoms with Crippen LogP contribution < -0.4 is 5.32 Å². The van der Waals surface area contributed by atoms with Crippen LogP contribution in [-0.2, 0) is 6.18 Å². The number of rotatable bonds is 5. The fourth-order valence-corrected chi connectivity index (χ4v) is 2.36. The Morgan fingerprint density at radius 2 is 2.20 bits per heavy atom. The van der Waals surface area contributed by atoms with E-state index < -0.39 is 11.9 Å². The Kier molecular flexibility index (Phi) is 4.42. The van der Waals surface area contributed by atoms with E-state index >= 15 is 0 Å². The first-order valence-electron chi connectivity index (χ1n) is 6.09. The van der Waals surface area contributed by atoms with Crippen molar-refractivity contribution in [2.24, 2.45) is 0 Å². The third-order valence-electron chi connectivity index (χ3n) is 2.82. The standard InChI is InChI=1S/C12H15F3N4S/c1-8(3-6-20-2)17-11-9-7-10(12(13,14)15)18-19(9)5-4-16-11/h4-5,7-8H,3,6H2,1-2H3,(H,16,17). The molecule has 2 rings (SSSR count). The van der Waals surface area contributed by atoms with Crippen molar-refractivity contribution in [1.82, 2.24) is 14.6 Å². The zero-order chi connectivity index (χ0) is 14.8. The van der Waals surface area contributed by atoms with Crippen molar-refractivity contribution < 1.29 is 13.2 Å². The predicted molar refractivity (Wildman–Crippen MR) is 74.1 cm³/mol. The highest BCUT2D eigenvalue weighted by molar-refractivity contribution is 7.98. The Balaban J connectivity index is 2.27. The van der Waals surface area contributed by atoms with Crippen molar-refractivity contribution in [2.45, 2.75) is 25.6 Å². The summed E-state index contributed by atoms with van der Waals surface area (Å²) in [7, 11) is 0. The summed E-state index contributed by atoms with van der Waals surface area (Å²) in [5.41, 5.74) is -0.582. The zero-order valence-electron chi connectivity index (χ0n) is 11.1. The van der Waals surface area contributed by atoms with Gasteiger partial charge in [-0.2, -0.15) is 30.0 Å². The van der Waals surface area contributed by atoms with E-state index in [0.29, 0.717) is 11.3 Å². The molecule has 1 atom stereocenters. The highest BCUT2D eigenvalue weighted by Crippen LogP contribution is 2.30. The van der Waals surface area contributed by atoms with Gasteiger partial charge in [-0.25, -0.2) is 9.50 Å². The summed E-state index contributed by atoms with van der Waals surface area (Å²) in [5, 5.41) is 6.65. The van der Waals surface area contributed by atoms with E-state index in [0.717, 1.165) is 18.2 Å². The predicted octanol–water partition coefficient (Wildman–Crippen LogP) is 3.30. The molecule has 4 nitrogen and oxygen atoms in total. The summed E-state index contributed by atoms with van der Waals surface area (Å²) in [4.78, 5) is 4.10. The molecule has 0 saturated heterocycles. The van der Waals surface area contributed by atoms with E-state index in [1.165, 1.54) is 16.9 Å². The van der Waals surface area contributed by atoms with Crippen LogP contribution in [0, 0.1) is 0 Å². The highest BCUT2D eigenvalue weighted by atomic mass is 32.2. The van der Waals surface area contributed by atoms with Crippen LogP contribution in [0.2, 0.25) is 0 Å². The van der Waals surface area contributed by atoms with Crippen molar-refractivity contribution in [2.75, 3.05) is 17.3 Å². The second-order valence-corrected chi connectivity index (χ2v) is 5.45. The highest BCUT2D eigenvalue weighted by Gasteiger charge is 2.34. The lowest BCUT2D eigenvalue weighted by atomic mass is 10.2. The molecule has 0 radical (unpaired) electrons. The number of halogens is 3. The van der Waals surface area contributed by atoms with Gasteiger partial charge in [0.2, 0.25) is 0 Å². The van der Waals surface area contributed by atoms with E-state index in [1.807, 2.05) is 13.2 Å². The molecule has 2 aromatic heterocycles. The molecule has 0 aliphatic carbocycles. The summed E-state index contributed by atoms with van der Waals surface area (Å²) in [6, 6.07) is 1.14. The number of alkyl halides is 3. The average Bonchev–Trinajstić information content (AvgIpc) is 2.81. The molecule has 2 aromatic rings. The van der Waals surface area contributed by atoms with E-state index in [2.05, 4.69) is 15.4 Å². The first-order valence-corrected chi connectivity index (χ1v) is 7.48. The lowest BCUT2D eigenvalue weighted by Crippen LogP contribution is -2.17. The van der Waals surface area contributed by atoms with Crippen molar-refractivity contribution in [1.29, 1.82) is 0 Å². The van der Waals surface area contributed by atoms with Gasteiger partial charge in [0.05, 0.1) is 0 Å². The van der Waals surface area contributed by atoms with Gasteiger partial charge in [-0.15, -0.1) is 0 Å². The first kappa shape index (κ1) is 15.0. The lowest BCUT2D eigenvalue weighted by Gasteiger charge is -2.14. The van der Waals surface area contributed by atoms with Gasteiger partial charge >= 0.3 is 6.18 Å². The average molecular weight is 304 g/mol. The Morgan fingerprint density at radius 1 is 1.45 bits per heavy atom. The Labute approximate surface area is 118 Å².